The van der Waals surface area contributed by atoms with Crippen molar-refractivity contribution in [3.8, 4) is 11.4 Å². The highest BCUT2D eigenvalue weighted by molar-refractivity contribution is 5.77. The zero-order valence-corrected chi connectivity index (χ0v) is 10.4. The topological polar surface area (TPSA) is 135 Å². The van der Waals surface area contributed by atoms with Crippen molar-refractivity contribution >= 4 is 16.6 Å². The van der Waals surface area contributed by atoms with Crippen molar-refractivity contribution < 1.29 is 4.92 Å². The van der Waals surface area contributed by atoms with E-state index in [1.54, 1.807) is 0 Å². The molecule has 0 aliphatic rings. The van der Waals surface area contributed by atoms with Crippen LogP contribution in [0.5, 0.6) is 0 Å². The zero-order valence-electron chi connectivity index (χ0n) is 10.4. The molecule has 9 heteroatoms. The fraction of sp³-hybridized carbons (Fsp3) is 0. The number of aromatic amines is 2. The van der Waals surface area contributed by atoms with E-state index in [9.17, 15) is 19.7 Å². The van der Waals surface area contributed by atoms with Crippen LogP contribution in [0.25, 0.3) is 22.3 Å². The summed E-state index contributed by atoms with van der Waals surface area (Å²) in [5, 5.41) is 15.0. The van der Waals surface area contributed by atoms with Crippen LogP contribution >= 0.6 is 0 Å². The lowest BCUT2D eigenvalue weighted by Crippen LogP contribution is -2.20. The van der Waals surface area contributed by atoms with Gasteiger partial charge in [0.15, 0.2) is 5.82 Å². The molecule has 0 bridgehead atoms. The monoisotopic (exact) mass is 285 g/mol. The van der Waals surface area contributed by atoms with E-state index < -0.39 is 16.0 Å². The number of hydrogen-bond donors (Lipinski definition) is 2. The summed E-state index contributed by atoms with van der Waals surface area (Å²) in [7, 11) is 0. The molecule has 0 amide bonds. The third-order valence-electron chi connectivity index (χ3n) is 2.87. The Morgan fingerprint density at radius 2 is 1.71 bits per heavy atom. The van der Waals surface area contributed by atoms with Crippen molar-refractivity contribution in [3.63, 3.8) is 0 Å². The SMILES string of the molecule is O=c1[nH][nH]c(=O)c2nc(-c3ccc([N+](=O)[O-])cc3)ncc12. The number of hydrogen-bond acceptors (Lipinski definition) is 6. The van der Waals surface area contributed by atoms with Crippen LogP contribution in [0.1, 0.15) is 0 Å². The molecule has 0 unspecified atom stereocenters. The first-order valence-electron chi connectivity index (χ1n) is 5.79. The number of H-pyrrole nitrogens is 2. The number of non-ortho nitro benzene ring substituents is 1. The minimum Gasteiger partial charge on any atom is -0.267 e. The molecule has 2 heterocycles. The molecule has 104 valence electrons. The standard InChI is InChI=1S/C12H7N5O4/c18-11-8-5-13-10(14-9(8)12(19)16-15-11)6-1-3-7(4-2-6)17(20)21/h1-5H,(H,15,18)(H,16,19). The summed E-state index contributed by atoms with van der Waals surface area (Å²) in [5.41, 5.74) is -0.645. The summed E-state index contributed by atoms with van der Waals surface area (Å²) in [4.78, 5) is 41.3. The van der Waals surface area contributed by atoms with Gasteiger partial charge < -0.3 is 0 Å². The van der Waals surface area contributed by atoms with Gasteiger partial charge >= 0.3 is 0 Å². The molecule has 1 aromatic carbocycles. The number of nitro benzene ring substituents is 1. The van der Waals surface area contributed by atoms with Crippen LogP contribution in [-0.4, -0.2) is 25.1 Å². The number of nitrogens with zero attached hydrogens (tertiary/aromatic N) is 3. The van der Waals surface area contributed by atoms with Crippen LogP contribution in [0, 0.1) is 10.1 Å². The van der Waals surface area contributed by atoms with E-state index in [2.05, 4.69) is 20.2 Å². The predicted octanol–water partition coefficient (Wildman–Crippen LogP) is 0.582. The third-order valence-corrected chi connectivity index (χ3v) is 2.87. The highest BCUT2D eigenvalue weighted by Gasteiger charge is 2.10. The molecule has 0 radical (unpaired) electrons. The normalized spacial score (nSPS) is 10.7. The van der Waals surface area contributed by atoms with E-state index >= 15 is 0 Å². The van der Waals surface area contributed by atoms with E-state index in [0.29, 0.717) is 5.56 Å². The van der Waals surface area contributed by atoms with Crippen LogP contribution in [0.15, 0.2) is 40.1 Å². The van der Waals surface area contributed by atoms with Crippen LogP contribution in [0.4, 0.5) is 5.69 Å². The molecule has 0 aliphatic heterocycles. The van der Waals surface area contributed by atoms with E-state index in [-0.39, 0.29) is 22.4 Å². The average molecular weight is 285 g/mol. The third kappa shape index (κ3) is 2.16. The minimum absolute atomic E-state index is 0.0397. The summed E-state index contributed by atoms with van der Waals surface area (Å²) in [6, 6.07) is 5.57. The Kier molecular flexibility index (Phi) is 2.79. The molecule has 2 aromatic heterocycles. The molecule has 21 heavy (non-hydrogen) atoms. The summed E-state index contributed by atoms with van der Waals surface area (Å²) in [6.07, 6.45) is 1.24. The summed E-state index contributed by atoms with van der Waals surface area (Å²) in [5.74, 6) is 0.202. The second-order valence-corrected chi connectivity index (χ2v) is 4.17. The van der Waals surface area contributed by atoms with E-state index in [4.69, 9.17) is 0 Å². The van der Waals surface area contributed by atoms with Gasteiger partial charge in [-0.3, -0.25) is 29.9 Å². The van der Waals surface area contributed by atoms with Gasteiger partial charge in [0.1, 0.15) is 5.52 Å². The quantitative estimate of drug-likeness (QED) is 0.522. The van der Waals surface area contributed by atoms with Crippen molar-refractivity contribution in [2.75, 3.05) is 0 Å². The average Bonchev–Trinajstić information content (AvgIpc) is 2.51. The van der Waals surface area contributed by atoms with Crippen molar-refractivity contribution in [3.05, 3.63) is 61.3 Å². The molecule has 0 aliphatic carbocycles. The van der Waals surface area contributed by atoms with Gasteiger partial charge in [-0.2, -0.15) is 0 Å². The number of fused-ring (bicyclic) bond motifs is 1. The van der Waals surface area contributed by atoms with Gasteiger partial charge in [0.2, 0.25) is 0 Å². The lowest BCUT2D eigenvalue weighted by Gasteiger charge is -2.01. The highest BCUT2D eigenvalue weighted by atomic mass is 16.6. The van der Waals surface area contributed by atoms with Crippen molar-refractivity contribution in [1.29, 1.82) is 0 Å². The molecule has 9 nitrogen and oxygen atoms in total. The van der Waals surface area contributed by atoms with Crippen LogP contribution < -0.4 is 11.1 Å². The Bertz CT molecular complexity index is 958. The lowest BCUT2D eigenvalue weighted by molar-refractivity contribution is -0.384. The minimum atomic E-state index is -0.546. The Balaban J connectivity index is 2.17. The summed E-state index contributed by atoms with van der Waals surface area (Å²) < 4.78 is 0. The molecule has 0 spiro atoms. The first kappa shape index (κ1) is 12.7. The zero-order chi connectivity index (χ0) is 15.0. The maximum absolute atomic E-state index is 11.7. The molecule has 2 N–H and O–H groups in total. The number of benzene rings is 1. The van der Waals surface area contributed by atoms with E-state index in [1.165, 1.54) is 30.5 Å². The molecule has 3 aromatic rings. The first-order chi connectivity index (χ1) is 10.1. The van der Waals surface area contributed by atoms with Gasteiger partial charge in [-0.25, -0.2) is 9.97 Å². The van der Waals surface area contributed by atoms with E-state index in [0.717, 1.165) is 0 Å². The molecular formula is C12H7N5O4. The Morgan fingerprint density at radius 1 is 1.05 bits per heavy atom. The lowest BCUT2D eigenvalue weighted by atomic mass is 10.2. The maximum atomic E-state index is 11.7. The van der Waals surface area contributed by atoms with Crippen molar-refractivity contribution in [2.45, 2.75) is 0 Å². The molecule has 0 saturated carbocycles. The molecule has 0 fully saturated rings. The Morgan fingerprint density at radius 3 is 2.38 bits per heavy atom. The number of rotatable bonds is 2. The summed E-state index contributed by atoms with van der Waals surface area (Å²) in [6.45, 7) is 0. The highest BCUT2D eigenvalue weighted by Crippen LogP contribution is 2.19. The van der Waals surface area contributed by atoms with Gasteiger partial charge in [-0.05, 0) is 12.1 Å². The Hall–Kier alpha value is -3.36. The fourth-order valence-corrected chi connectivity index (χ4v) is 1.83. The van der Waals surface area contributed by atoms with Gasteiger partial charge in [0.05, 0.1) is 10.3 Å². The van der Waals surface area contributed by atoms with Gasteiger partial charge in [0.25, 0.3) is 16.8 Å². The largest absolute Gasteiger partial charge is 0.289 e. The van der Waals surface area contributed by atoms with Crippen LogP contribution in [0.2, 0.25) is 0 Å². The molecule has 0 atom stereocenters. The predicted molar refractivity (Wildman–Crippen MR) is 72.9 cm³/mol. The maximum Gasteiger partial charge on any atom is 0.289 e. The van der Waals surface area contributed by atoms with E-state index in [1.807, 2.05) is 0 Å². The second-order valence-electron chi connectivity index (χ2n) is 4.17. The van der Waals surface area contributed by atoms with Gasteiger partial charge in [-0.15, -0.1) is 0 Å². The molecule has 0 saturated heterocycles. The number of aromatic nitrogens is 4. The van der Waals surface area contributed by atoms with Crippen LogP contribution in [0.3, 0.4) is 0 Å². The summed E-state index contributed by atoms with van der Waals surface area (Å²) >= 11 is 0. The molecular weight excluding hydrogens is 278 g/mol. The second kappa shape index (κ2) is 4.63. The first-order valence-corrected chi connectivity index (χ1v) is 5.79. The Labute approximate surface area is 115 Å². The van der Waals surface area contributed by atoms with Gasteiger partial charge in [0, 0.05) is 23.9 Å². The molecule has 3 rings (SSSR count). The van der Waals surface area contributed by atoms with Gasteiger partial charge in [-0.1, -0.05) is 0 Å². The van der Waals surface area contributed by atoms with Crippen molar-refractivity contribution in [2.24, 2.45) is 0 Å². The van der Waals surface area contributed by atoms with Crippen molar-refractivity contribution in [1.82, 2.24) is 20.2 Å². The fourth-order valence-electron chi connectivity index (χ4n) is 1.83. The number of nitro groups is 1. The number of nitrogens with one attached hydrogen (secondary N) is 2. The smallest absolute Gasteiger partial charge is 0.267 e. The van der Waals surface area contributed by atoms with Crippen LogP contribution in [-0.2, 0) is 0 Å².